The quantitative estimate of drug-likeness (QED) is 0.513. The van der Waals surface area contributed by atoms with E-state index in [1.54, 1.807) is 0 Å². The maximum absolute atomic E-state index is 5.87. The van der Waals surface area contributed by atoms with Gasteiger partial charge in [-0.25, -0.2) is 0 Å². The van der Waals surface area contributed by atoms with E-state index in [4.69, 9.17) is 4.74 Å². The highest BCUT2D eigenvalue weighted by Crippen LogP contribution is 2.13. The molecule has 2 aromatic rings. The van der Waals surface area contributed by atoms with Crippen molar-refractivity contribution in [2.45, 2.75) is 58.5 Å². The minimum atomic E-state index is 0.490. The van der Waals surface area contributed by atoms with Gasteiger partial charge in [0.05, 0.1) is 13.2 Å². The van der Waals surface area contributed by atoms with Crippen LogP contribution in [-0.4, -0.2) is 43.1 Å². The smallest absolute Gasteiger partial charge is 0.191 e. The number of piperidine rings is 1. The van der Waals surface area contributed by atoms with Crippen LogP contribution in [0.3, 0.4) is 0 Å². The van der Waals surface area contributed by atoms with E-state index in [2.05, 4.69) is 70.8 Å². The molecule has 0 radical (unpaired) electrons. The Morgan fingerprint density at radius 1 is 1.00 bits per heavy atom. The highest BCUT2D eigenvalue weighted by atomic mass is 16.5. The second kappa shape index (κ2) is 11.7. The molecule has 1 heterocycles. The molecule has 0 amide bonds. The first-order valence-electron chi connectivity index (χ1n) is 11.0. The van der Waals surface area contributed by atoms with Gasteiger partial charge in [-0.1, -0.05) is 54.6 Å². The van der Waals surface area contributed by atoms with Gasteiger partial charge in [-0.15, -0.1) is 0 Å². The van der Waals surface area contributed by atoms with Crippen molar-refractivity contribution in [3.63, 3.8) is 0 Å². The summed E-state index contributed by atoms with van der Waals surface area (Å²) in [7, 11) is 1.84. The monoisotopic (exact) mass is 408 g/mol. The van der Waals surface area contributed by atoms with Gasteiger partial charge in [-0.05, 0) is 43.4 Å². The summed E-state index contributed by atoms with van der Waals surface area (Å²) in [6.07, 6.45) is 2.32. The first-order chi connectivity index (χ1) is 14.6. The summed E-state index contributed by atoms with van der Waals surface area (Å²) in [6, 6.07) is 20.0. The van der Waals surface area contributed by atoms with E-state index in [1.807, 2.05) is 25.2 Å². The van der Waals surface area contributed by atoms with Crippen molar-refractivity contribution in [2.24, 2.45) is 4.99 Å². The number of likely N-dealkylation sites (tertiary alicyclic amines) is 1. The number of nitrogens with one attached hydrogen (secondary N) is 2. The van der Waals surface area contributed by atoms with E-state index in [1.165, 1.54) is 16.7 Å². The molecule has 162 valence electrons. The Balaban J connectivity index is 1.42. The Kier molecular flexibility index (Phi) is 8.72. The lowest BCUT2D eigenvalue weighted by Crippen LogP contribution is -2.49. The molecule has 0 spiro atoms. The van der Waals surface area contributed by atoms with Crippen LogP contribution in [0.1, 0.15) is 43.4 Å². The third kappa shape index (κ3) is 7.15. The third-order valence-corrected chi connectivity index (χ3v) is 5.66. The zero-order valence-corrected chi connectivity index (χ0v) is 18.6. The third-order valence-electron chi connectivity index (χ3n) is 5.66. The molecule has 1 fully saturated rings. The second-order valence-electron chi connectivity index (χ2n) is 8.27. The zero-order valence-electron chi connectivity index (χ0n) is 18.6. The van der Waals surface area contributed by atoms with Crippen LogP contribution in [0.25, 0.3) is 0 Å². The second-order valence-corrected chi connectivity index (χ2v) is 8.27. The summed E-state index contributed by atoms with van der Waals surface area (Å²) in [6.45, 7) is 8.84. The van der Waals surface area contributed by atoms with Crippen molar-refractivity contribution in [3.8, 4) is 0 Å². The minimum Gasteiger partial charge on any atom is -0.372 e. The minimum absolute atomic E-state index is 0.490. The number of rotatable bonds is 8. The summed E-state index contributed by atoms with van der Waals surface area (Å²) in [5.41, 5.74) is 3.62. The molecule has 0 aromatic heterocycles. The summed E-state index contributed by atoms with van der Waals surface area (Å²) in [4.78, 5) is 6.95. The topological polar surface area (TPSA) is 48.9 Å². The van der Waals surface area contributed by atoms with Crippen LogP contribution in [0.15, 0.2) is 59.6 Å². The summed E-state index contributed by atoms with van der Waals surface area (Å²) in [5, 5.41) is 7.05. The molecule has 0 atom stereocenters. The van der Waals surface area contributed by atoms with Crippen molar-refractivity contribution in [1.29, 1.82) is 0 Å². The predicted molar refractivity (Wildman–Crippen MR) is 124 cm³/mol. The average Bonchev–Trinajstić information content (AvgIpc) is 2.78. The van der Waals surface area contributed by atoms with E-state index in [-0.39, 0.29) is 0 Å². The Morgan fingerprint density at radius 3 is 2.37 bits per heavy atom. The van der Waals surface area contributed by atoms with E-state index in [9.17, 15) is 0 Å². The lowest BCUT2D eigenvalue weighted by Gasteiger charge is -2.35. The Morgan fingerprint density at radius 2 is 1.67 bits per heavy atom. The van der Waals surface area contributed by atoms with Gasteiger partial charge >= 0.3 is 0 Å². The first kappa shape index (κ1) is 22.3. The van der Waals surface area contributed by atoms with E-state index in [0.717, 1.165) is 38.4 Å². The SMILES string of the molecule is CN=C(NCc1cccc(COCc2ccccc2)c1)NC1CCN(C(C)C)CC1. The Labute approximate surface area is 181 Å². The van der Waals surface area contributed by atoms with Crippen LogP contribution in [0, 0.1) is 0 Å². The van der Waals surface area contributed by atoms with Gasteiger partial charge in [0.25, 0.3) is 0 Å². The van der Waals surface area contributed by atoms with Gasteiger partial charge in [0, 0.05) is 38.8 Å². The van der Waals surface area contributed by atoms with Crippen molar-refractivity contribution in [2.75, 3.05) is 20.1 Å². The van der Waals surface area contributed by atoms with Crippen LogP contribution in [0.4, 0.5) is 0 Å². The van der Waals surface area contributed by atoms with E-state index < -0.39 is 0 Å². The number of hydrogen-bond acceptors (Lipinski definition) is 3. The van der Waals surface area contributed by atoms with Crippen LogP contribution >= 0.6 is 0 Å². The molecule has 1 saturated heterocycles. The summed E-state index contributed by atoms with van der Waals surface area (Å²) < 4.78 is 5.87. The van der Waals surface area contributed by atoms with Gasteiger partial charge in [-0.2, -0.15) is 0 Å². The molecule has 0 unspecified atom stereocenters. The lowest BCUT2D eigenvalue weighted by atomic mass is 10.0. The maximum Gasteiger partial charge on any atom is 0.191 e. The van der Waals surface area contributed by atoms with Crippen LogP contribution < -0.4 is 10.6 Å². The number of nitrogens with zero attached hydrogens (tertiary/aromatic N) is 2. The molecule has 0 saturated carbocycles. The number of benzene rings is 2. The van der Waals surface area contributed by atoms with Crippen molar-refractivity contribution < 1.29 is 4.74 Å². The van der Waals surface area contributed by atoms with Crippen molar-refractivity contribution in [3.05, 3.63) is 71.3 Å². The van der Waals surface area contributed by atoms with Crippen molar-refractivity contribution in [1.82, 2.24) is 15.5 Å². The number of guanidine groups is 1. The molecule has 1 aliphatic rings. The fourth-order valence-electron chi connectivity index (χ4n) is 3.82. The van der Waals surface area contributed by atoms with Gasteiger partial charge in [0.1, 0.15) is 0 Å². The average molecular weight is 409 g/mol. The highest BCUT2D eigenvalue weighted by Gasteiger charge is 2.21. The first-order valence-corrected chi connectivity index (χ1v) is 11.0. The number of ether oxygens (including phenoxy) is 1. The molecular weight excluding hydrogens is 372 g/mol. The van der Waals surface area contributed by atoms with E-state index in [0.29, 0.717) is 25.3 Å². The molecule has 0 aliphatic carbocycles. The Hall–Kier alpha value is -2.37. The maximum atomic E-state index is 5.87. The fraction of sp³-hybridized carbons (Fsp3) is 0.480. The molecule has 1 aliphatic heterocycles. The van der Waals surface area contributed by atoms with Gasteiger partial charge in [-0.3, -0.25) is 4.99 Å². The fourth-order valence-corrected chi connectivity index (χ4v) is 3.82. The largest absolute Gasteiger partial charge is 0.372 e. The van der Waals surface area contributed by atoms with Gasteiger partial charge in [0.15, 0.2) is 5.96 Å². The zero-order chi connectivity index (χ0) is 21.2. The van der Waals surface area contributed by atoms with Crippen LogP contribution in [0.2, 0.25) is 0 Å². The van der Waals surface area contributed by atoms with Crippen LogP contribution in [0.5, 0.6) is 0 Å². The molecule has 30 heavy (non-hydrogen) atoms. The van der Waals surface area contributed by atoms with Crippen LogP contribution in [-0.2, 0) is 24.5 Å². The Bertz CT molecular complexity index is 783. The van der Waals surface area contributed by atoms with Crippen molar-refractivity contribution >= 4 is 5.96 Å². The van der Waals surface area contributed by atoms with Gasteiger partial charge < -0.3 is 20.3 Å². The molecule has 0 bridgehead atoms. The molecule has 5 nitrogen and oxygen atoms in total. The molecular formula is C25H36N4O. The van der Waals surface area contributed by atoms with E-state index >= 15 is 0 Å². The molecule has 5 heteroatoms. The van der Waals surface area contributed by atoms with Gasteiger partial charge in [0.2, 0.25) is 0 Å². The standard InChI is InChI=1S/C25H36N4O/c1-20(2)29-14-12-24(13-15-29)28-25(26-3)27-17-22-10-7-11-23(16-22)19-30-18-21-8-5-4-6-9-21/h4-11,16,20,24H,12-15,17-19H2,1-3H3,(H2,26,27,28). The normalized spacial score (nSPS) is 16.1. The highest BCUT2D eigenvalue weighted by molar-refractivity contribution is 5.79. The summed E-state index contributed by atoms with van der Waals surface area (Å²) in [5.74, 6) is 0.878. The lowest BCUT2D eigenvalue weighted by molar-refractivity contribution is 0.107. The number of aliphatic imine (C=N–C) groups is 1. The molecule has 2 N–H and O–H groups in total. The predicted octanol–water partition coefficient (Wildman–Crippen LogP) is 3.94. The summed E-state index contributed by atoms with van der Waals surface area (Å²) >= 11 is 0. The molecule has 3 rings (SSSR count). The number of hydrogen-bond donors (Lipinski definition) is 2. The molecule has 2 aromatic carbocycles.